The number of rotatable bonds is 5. The van der Waals surface area contributed by atoms with Crippen LogP contribution in [0, 0.1) is 3.57 Å². The molecule has 2 rings (SSSR count). The zero-order chi connectivity index (χ0) is 15.9. The maximum atomic E-state index is 11.8. The minimum absolute atomic E-state index is 0.134. The second kappa shape index (κ2) is 8.55. The smallest absolute Gasteiger partial charge is 0.250 e. The van der Waals surface area contributed by atoms with Crippen LogP contribution in [0.5, 0.6) is 0 Å². The van der Waals surface area contributed by atoms with Crippen LogP contribution in [-0.4, -0.2) is 17.4 Å². The third-order valence-corrected chi connectivity index (χ3v) is 4.78. The first-order chi connectivity index (χ1) is 10.5. The summed E-state index contributed by atoms with van der Waals surface area (Å²) in [4.78, 5) is 12.8. The van der Waals surface area contributed by atoms with Crippen molar-refractivity contribution in [1.29, 1.82) is 0 Å². The van der Waals surface area contributed by atoms with Gasteiger partial charge in [-0.1, -0.05) is 23.7 Å². The first-order valence-corrected chi connectivity index (χ1v) is 8.96. The predicted octanol–water partition coefficient (Wildman–Crippen LogP) is 4.58. The van der Waals surface area contributed by atoms with Gasteiger partial charge in [0.1, 0.15) is 0 Å². The van der Waals surface area contributed by atoms with Crippen LogP contribution in [0.25, 0.3) is 0 Å². The van der Waals surface area contributed by atoms with Crippen LogP contribution in [0.4, 0.5) is 0 Å². The van der Waals surface area contributed by atoms with Gasteiger partial charge in [-0.05, 0) is 71.5 Å². The van der Waals surface area contributed by atoms with E-state index in [0.717, 1.165) is 19.7 Å². The van der Waals surface area contributed by atoms with E-state index in [1.807, 2.05) is 43.3 Å². The lowest BCUT2D eigenvalue weighted by atomic mass is 10.1. The number of thioether (sulfide) groups is 1. The van der Waals surface area contributed by atoms with Crippen LogP contribution >= 0.6 is 46.0 Å². The average molecular weight is 445 g/mol. The lowest BCUT2D eigenvalue weighted by Crippen LogP contribution is -2.21. The molecule has 3 nitrogen and oxygen atoms in total. The summed E-state index contributed by atoms with van der Waals surface area (Å²) in [6.07, 6.45) is 0. The highest BCUT2D eigenvalue weighted by Gasteiger charge is 2.03. The van der Waals surface area contributed by atoms with Crippen molar-refractivity contribution in [3.05, 3.63) is 62.7 Å². The molecule has 1 N–H and O–H groups in total. The van der Waals surface area contributed by atoms with Crippen molar-refractivity contribution in [2.24, 2.45) is 5.10 Å². The van der Waals surface area contributed by atoms with E-state index in [0.29, 0.717) is 10.8 Å². The molecule has 0 spiro atoms. The van der Waals surface area contributed by atoms with Crippen molar-refractivity contribution >= 4 is 57.6 Å². The van der Waals surface area contributed by atoms with Gasteiger partial charge in [-0.2, -0.15) is 5.10 Å². The lowest BCUT2D eigenvalue weighted by molar-refractivity contribution is -0.118. The van der Waals surface area contributed by atoms with Gasteiger partial charge >= 0.3 is 0 Å². The minimum Gasteiger partial charge on any atom is -0.272 e. The fourth-order valence-corrected chi connectivity index (χ4v) is 2.79. The summed E-state index contributed by atoms with van der Waals surface area (Å²) in [5.41, 5.74) is 4.35. The molecule has 0 atom stereocenters. The number of amides is 1. The zero-order valence-corrected chi connectivity index (χ0v) is 15.6. The molecular formula is C16H14ClIN2OS. The number of nitrogens with zero attached hydrogens (tertiary/aromatic N) is 1. The Morgan fingerprint density at radius 1 is 1.18 bits per heavy atom. The predicted molar refractivity (Wildman–Crippen MR) is 102 cm³/mol. The van der Waals surface area contributed by atoms with Gasteiger partial charge in [0.2, 0.25) is 5.91 Å². The normalized spacial score (nSPS) is 11.3. The number of hydrogen-bond donors (Lipinski definition) is 1. The summed E-state index contributed by atoms with van der Waals surface area (Å²) >= 11 is 9.52. The van der Waals surface area contributed by atoms with Gasteiger partial charge < -0.3 is 0 Å². The summed E-state index contributed by atoms with van der Waals surface area (Å²) in [6.45, 7) is 1.87. The Kier molecular flexibility index (Phi) is 6.72. The molecule has 0 aromatic heterocycles. The Balaban J connectivity index is 1.85. The molecule has 0 bridgehead atoms. The maximum absolute atomic E-state index is 11.8. The fraction of sp³-hybridized carbons (Fsp3) is 0.125. The van der Waals surface area contributed by atoms with Crippen LogP contribution in [0.1, 0.15) is 12.5 Å². The summed E-state index contributed by atoms with van der Waals surface area (Å²) in [5, 5.41) is 4.82. The number of carbonyl (C=O) groups is 1. The van der Waals surface area contributed by atoms with Crippen LogP contribution < -0.4 is 5.43 Å². The van der Waals surface area contributed by atoms with Gasteiger partial charge in [0.15, 0.2) is 0 Å². The fourth-order valence-electron chi connectivity index (χ4n) is 1.61. The second-order valence-electron chi connectivity index (χ2n) is 4.48. The van der Waals surface area contributed by atoms with Crippen LogP contribution in [0.2, 0.25) is 5.02 Å². The Hall–Kier alpha value is -1.05. The van der Waals surface area contributed by atoms with Crippen molar-refractivity contribution in [3.8, 4) is 0 Å². The Morgan fingerprint density at radius 2 is 1.82 bits per heavy atom. The van der Waals surface area contributed by atoms with Crippen LogP contribution in [0.3, 0.4) is 0 Å². The largest absolute Gasteiger partial charge is 0.272 e. The topological polar surface area (TPSA) is 41.5 Å². The molecule has 114 valence electrons. The molecule has 2 aromatic carbocycles. The number of halogens is 2. The summed E-state index contributed by atoms with van der Waals surface area (Å²) in [6, 6.07) is 15.4. The zero-order valence-electron chi connectivity index (χ0n) is 11.8. The molecule has 0 fully saturated rings. The molecule has 0 radical (unpaired) electrons. The average Bonchev–Trinajstić information content (AvgIpc) is 2.52. The monoisotopic (exact) mass is 444 g/mol. The van der Waals surface area contributed by atoms with Crippen molar-refractivity contribution in [1.82, 2.24) is 5.43 Å². The van der Waals surface area contributed by atoms with Crippen molar-refractivity contribution in [3.63, 3.8) is 0 Å². The first kappa shape index (κ1) is 17.3. The molecular weight excluding hydrogens is 431 g/mol. The number of hydrazone groups is 1. The van der Waals surface area contributed by atoms with E-state index in [1.54, 1.807) is 12.1 Å². The van der Waals surface area contributed by atoms with Crippen LogP contribution in [-0.2, 0) is 4.79 Å². The SMILES string of the molecule is C/C(=N/NC(=O)CSc1ccc(Cl)cc1)c1ccc(I)cc1. The lowest BCUT2D eigenvalue weighted by Gasteiger charge is -2.04. The summed E-state index contributed by atoms with van der Waals surface area (Å²) in [5.74, 6) is 0.176. The third kappa shape index (κ3) is 5.62. The van der Waals surface area contributed by atoms with Gasteiger partial charge in [0, 0.05) is 13.5 Å². The Morgan fingerprint density at radius 3 is 2.45 bits per heavy atom. The standard InChI is InChI=1S/C16H14ClIN2OS/c1-11(12-2-6-14(18)7-3-12)19-20-16(21)10-22-15-8-4-13(17)5-9-15/h2-9H,10H2,1H3,(H,20,21)/b19-11-. The Bertz CT molecular complexity index is 672. The molecule has 0 aliphatic rings. The third-order valence-electron chi connectivity index (χ3n) is 2.79. The van der Waals surface area contributed by atoms with E-state index >= 15 is 0 Å². The number of benzene rings is 2. The van der Waals surface area contributed by atoms with E-state index in [9.17, 15) is 4.79 Å². The quantitative estimate of drug-likeness (QED) is 0.317. The maximum Gasteiger partial charge on any atom is 0.250 e. The highest BCUT2D eigenvalue weighted by molar-refractivity contribution is 14.1. The first-order valence-electron chi connectivity index (χ1n) is 6.52. The molecule has 22 heavy (non-hydrogen) atoms. The van der Waals surface area contributed by atoms with Gasteiger partial charge in [0.05, 0.1) is 11.5 Å². The van der Waals surface area contributed by atoms with Crippen LogP contribution in [0.15, 0.2) is 58.5 Å². The van der Waals surface area contributed by atoms with Crippen molar-refractivity contribution in [2.75, 3.05) is 5.75 Å². The highest BCUT2D eigenvalue weighted by atomic mass is 127. The van der Waals surface area contributed by atoms with Crippen molar-refractivity contribution in [2.45, 2.75) is 11.8 Å². The molecule has 2 aromatic rings. The summed E-state index contributed by atoms with van der Waals surface area (Å²) in [7, 11) is 0. The minimum atomic E-state index is -0.134. The number of nitrogens with one attached hydrogen (secondary N) is 1. The van der Waals surface area contributed by atoms with Gasteiger partial charge in [-0.25, -0.2) is 5.43 Å². The molecule has 6 heteroatoms. The molecule has 0 saturated carbocycles. The van der Waals surface area contributed by atoms with E-state index < -0.39 is 0 Å². The van der Waals surface area contributed by atoms with E-state index in [4.69, 9.17) is 11.6 Å². The molecule has 0 aliphatic carbocycles. The number of hydrogen-bond acceptors (Lipinski definition) is 3. The Labute approximate surface area is 152 Å². The van der Waals surface area contributed by atoms with Gasteiger partial charge in [-0.15, -0.1) is 11.8 Å². The molecule has 0 saturated heterocycles. The second-order valence-corrected chi connectivity index (χ2v) is 7.21. The molecule has 0 unspecified atom stereocenters. The highest BCUT2D eigenvalue weighted by Crippen LogP contribution is 2.19. The van der Waals surface area contributed by atoms with E-state index in [2.05, 4.69) is 33.1 Å². The number of carbonyl (C=O) groups excluding carboxylic acids is 1. The van der Waals surface area contributed by atoms with Gasteiger partial charge in [0.25, 0.3) is 0 Å². The molecule has 0 heterocycles. The van der Waals surface area contributed by atoms with E-state index in [1.165, 1.54) is 11.8 Å². The molecule has 1 amide bonds. The molecule has 0 aliphatic heterocycles. The van der Waals surface area contributed by atoms with Gasteiger partial charge in [-0.3, -0.25) is 4.79 Å². The van der Waals surface area contributed by atoms with E-state index in [-0.39, 0.29) is 5.91 Å². The summed E-state index contributed by atoms with van der Waals surface area (Å²) < 4.78 is 1.16. The van der Waals surface area contributed by atoms with Crippen molar-refractivity contribution < 1.29 is 4.79 Å².